The Hall–Kier alpha value is -0.0600. The van der Waals surface area contributed by atoms with Crippen molar-refractivity contribution in [2.75, 3.05) is 61.5 Å². The molecular formula is C13H30Cl2N2O. The third kappa shape index (κ3) is 25.0. The predicted octanol–water partition coefficient (Wildman–Crippen LogP) is -4.87. The summed E-state index contributed by atoms with van der Waals surface area (Å²) in [5.41, 5.74) is 0. The van der Waals surface area contributed by atoms with Crippen LogP contribution < -0.4 is 24.8 Å². The molecular weight excluding hydrogens is 271 g/mol. The predicted molar refractivity (Wildman–Crippen MR) is 72.2 cm³/mol. The molecule has 3 nitrogen and oxygen atoms in total. The minimum absolute atomic E-state index is 0. The first-order valence-corrected chi connectivity index (χ1v) is 5.63. The fourth-order valence-electron chi connectivity index (χ4n) is 1.07. The van der Waals surface area contributed by atoms with Crippen molar-refractivity contribution in [3.8, 4) is 0 Å². The molecule has 0 saturated heterocycles. The summed E-state index contributed by atoms with van der Waals surface area (Å²) in [6.45, 7) is 10.5. The number of rotatable bonds is 6. The summed E-state index contributed by atoms with van der Waals surface area (Å²) in [5, 5.41) is 8.39. The van der Waals surface area contributed by atoms with Gasteiger partial charge in [-0.3, -0.25) is 0 Å². The molecule has 0 spiro atoms. The summed E-state index contributed by atoms with van der Waals surface area (Å²) in [6, 6.07) is 0. The molecule has 0 fully saturated rings. The highest BCUT2D eigenvalue weighted by Gasteiger charge is 2.07. The summed E-state index contributed by atoms with van der Waals surface area (Å²) in [6.07, 6.45) is 3.87. The molecule has 1 N–H and O–H groups in total. The van der Waals surface area contributed by atoms with E-state index in [1.165, 1.54) is 0 Å². The molecule has 0 aliphatic rings. The summed E-state index contributed by atoms with van der Waals surface area (Å²) >= 11 is 0. The van der Waals surface area contributed by atoms with Crippen molar-refractivity contribution in [3.63, 3.8) is 0 Å². The second kappa shape index (κ2) is 13.4. The standard InChI is InChI=1S/C8H16N.C5H14NO.2ClH/c1-5-7-9(3,4)8-6-2;1-6(2,3)4-5-7;;/h5-6H,1-2,7-8H2,3-4H3;7H,4-5H2,1-3H3;2*1H/q2*+1;;/p-2. The van der Waals surface area contributed by atoms with Gasteiger partial charge in [0.2, 0.25) is 0 Å². The zero-order chi connectivity index (χ0) is 13.2. The van der Waals surface area contributed by atoms with Crippen molar-refractivity contribution < 1.29 is 38.9 Å². The van der Waals surface area contributed by atoms with Crippen LogP contribution >= 0.6 is 0 Å². The number of quaternary nitrogens is 2. The van der Waals surface area contributed by atoms with E-state index in [9.17, 15) is 0 Å². The lowest BCUT2D eigenvalue weighted by atomic mass is 10.4. The lowest BCUT2D eigenvalue weighted by Crippen LogP contribution is -3.00. The molecule has 0 bridgehead atoms. The molecule has 0 atom stereocenters. The van der Waals surface area contributed by atoms with Crippen LogP contribution in [0.4, 0.5) is 0 Å². The minimum atomic E-state index is 0. The monoisotopic (exact) mass is 300 g/mol. The topological polar surface area (TPSA) is 20.2 Å². The molecule has 0 aromatic carbocycles. The third-order valence-electron chi connectivity index (χ3n) is 2.02. The first kappa shape index (κ1) is 26.5. The molecule has 112 valence electrons. The second-order valence-corrected chi connectivity index (χ2v) is 5.62. The van der Waals surface area contributed by atoms with Crippen LogP contribution in [0.1, 0.15) is 0 Å². The van der Waals surface area contributed by atoms with Gasteiger partial charge in [0.15, 0.2) is 0 Å². The van der Waals surface area contributed by atoms with Crippen molar-refractivity contribution in [1.29, 1.82) is 0 Å². The number of halogens is 2. The molecule has 0 heterocycles. The van der Waals surface area contributed by atoms with Gasteiger partial charge in [0.25, 0.3) is 0 Å². The molecule has 0 aliphatic carbocycles. The highest BCUT2D eigenvalue weighted by Crippen LogP contribution is 1.95. The first-order valence-electron chi connectivity index (χ1n) is 5.63. The maximum absolute atomic E-state index is 8.39. The van der Waals surface area contributed by atoms with Gasteiger partial charge in [-0.25, -0.2) is 0 Å². The summed E-state index contributed by atoms with van der Waals surface area (Å²) in [4.78, 5) is 0. The van der Waals surface area contributed by atoms with Crippen LogP contribution in [0, 0.1) is 0 Å². The fraction of sp³-hybridized carbons (Fsp3) is 0.692. The Morgan fingerprint density at radius 3 is 1.33 bits per heavy atom. The normalized spacial score (nSPS) is 10.1. The number of hydrogen-bond acceptors (Lipinski definition) is 1. The Balaban J connectivity index is -0.000000100. The van der Waals surface area contributed by atoms with Crippen LogP contribution in [-0.4, -0.2) is 75.6 Å². The zero-order valence-electron chi connectivity index (χ0n) is 12.5. The smallest absolute Gasteiger partial charge is 0.101 e. The van der Waals surface area contributed by atoms with Crippen molar-refractivity contribution in [3.05, 3.63) is 25.3 Å². The van der Waals surface area contributed by atoms with E-state index in [1.54, 1.807) is 0 Å². The summed E-state index contributed by atoms with van der Waals surface area (Å²) in [7, 11) is 10.5. The third-order valence-corrected chi connectivity index (χ3v) is 2.02. The van der Waals surface area contributed by atoms with Gasteiger partial charge >= 0.3 is 0 Å². The Morgan fingerprint density at radius 1 is 0.889 bits per heavy atom. The van der Waals surface area contributed by atoms with Gasteiger partial charge in [0, 0.05) is 0 Å². The quantitative estimate of drug-likeness (QED) is 0.385. The van der Waals surface area contributed by atoms with Crippen molar-refractivity contribution in [2.45, 2.75) is 0 Å². The van der Waals surface area contributed by atoms with Gasteiger partial charge in [-0.2, -0.15) is 0 Å². The lowest BCUT2D eigenvalue weighted by molar-refractivity contribution is -0.878. The van der Waals surface area contributed by atoms with Crippen LogP contribution in [0.15, 0.2) is 25.3 Å². The molecule has 5 heteroatoms. The van der Waals surface area contributed by atoms with Crippen molar-refractivity contribution >= 4 is 0 Å². The van der Waals surface area contributed by atoms with E-state index < -0.39 is 0 Å². The molecule has 0 saturated carbocycles. The van der Waals surface area contributed by atoms with Gasteiger partial charge in [0.1, 0.15) is 6.54 Å². The first-order chi connectivity index (χ1) is 7.18. The molecule has 18 heavy (non-hydrogen) atoms. The Labute approximate surface area is 126 Å². The average Bonchev–Trinajstić information content (AvgIpc) is 2.01. The Morgan fingerprint density at radius 2 is 1.22 bits per heavy atom. The number of likely N-dealkylation sites (N-methyl/N-ethyl adjacent to an activating group) is 2. The molecule has 0 aromatic rings. The van der Waals surface area contributed by atoms with E-state index in [2.05, 4.69) is 48.4 Å². The van der Waals surface area contributed by atoms with Gasteiger partial charge < -0.3 is 38.9 Å². The fourth-order valence-corrected chi connectivity index (χ4v) is 1.07. The lowest BCUT2D eigenvalue weighted by Gasteiger charge is -2.26. The zero-order valence-corrected chi connectivity index (χ0v) is 14.0. The molecule has 0 radical (unpaired) electrons. The molecule has 0 unspecified atom stereocenters. The summed E-state index contributed by atoms with van der Waals surface area (Å²) in [5.74, 6) is 0. The van der Waals surface area contributed by atoms with Gasteiger partial charge in [-0.05, 0) is 12.2 Å². The SMILES string of the molecule is C=CC[N+](C)(C)CC=C.C[N+](C)(C)CCO.[Cl-].[Cl-]. The van der Waals surface area contributed by atoms with Gasteiger partial charge in [-0.1, -0.05) is 13.2 Å². The minimum Gasteiger partial charge on any atom is -1.00 e. The van der Waals surface area contributed by atoms with Crippen molar-refractivity contribution in [2.24, 2.45) is 0 Å². The van der Waals surface area contributed by atoms with E-state index in [-0.39, 0.29) is 31.4 Å². The number of aliphatic hydroxyl groups excluding tert-OH is 1. The van der Waals surface area contributed by atoms with E-state index >= 15 is 0 Å². The van der Waals surface area contributed by atoms with Crippen LogP contribution in [0.25, 0.3) is 0 Å². The maximum Gasteiger partial charge on any atom is 0.101 e. The Bertz CT molecular complexity index is 190. The van der Waals surface area contributed by atoms with Gasteiger partial charge in [0.05, 0.1) is 54.9 Å². The average molecular weight is 301 g/mol. The maximum atomic E-state index is 8.39. The van der Waals surface area contributed by atoms with Crippen LogP contribution in [0.5, 0.6) is 0 Å². The van der Waals surface area contributed by atoms with E-state index in [0.717, 1.165) is 28.6 Å². The van der Waals surface area contributed by atoms with E-state index in [0.29, 0.717) is 0 Å². The number of aliphatic hydroxyl groups is 1. The molecule has 0 aliphatic heterocycles. The van der Waals surface area contributed by atoms with Crippen LogP contribution in [-0.2, 0) is 0 Å². The summed E-state index contributed by atoms with van der Waals surface area (Å²) < 4.78 is 1.80. The highest BCUT2D eigenvalue weighted by molar-refractivity contribution is 4.69. The molecule has 0 amide bonds. The number of hydrogen-bond donors (Lipinski definition) is 1. The molecule has 0 aromatic heterocycles. The van der Waals surface area contributed by atoms with E-state index in [1.807, 2.05) is 12.2 Å². The number of nitrogens with zero attached hydrogens (tertiary/aromatic N) is 2. The Kier molecular flexibility index (Phi) is 19.7. The van der Waals surface area contributed by atoms with Crippen molar-refractivity contribution in [1.82, 2.24) is 0 Å². The van der Waals surface area contributed by atoms with E-state index in [4.69, 9.17) is 5.11 Å². The highest BCUT2D eigenvalue weighted by atomic mass is 35.5. The second-order valence-electron chi connectivity index (χ2n) is 5.62. The van der Waals surface area contributed by atoms with Crippen LogP contribution in [0.3, 0.4) is 0 Å². The molecule has 0 rings (SSSR count). The van der Waals surface area contributed by atoms with Gasteiger partial charge in [-0.15, -0.1) is 0 Å². The van der Waals surface area contributed by atoms with Crippen LogP contribution in [0.2, 0.25) is 0 Å². The largest absolute Gasteiger partial charge is 1.00 e.